The van der Waals surface area contributed by atoms with Gasteiger partial charge in [-0.2, -0.15) is 22.0 Å². The molecule has 2 rings (SSSR count). The van der Waals surface area contributed by atoms with Crippen LogP contribution < -0.4 is 25.4 Å². The number of para-hydroxylation sites is 1. The predicted molar refractivity (Wildman–Crippen MR) is 136 cm³/mol. The van der Waals surface area contributed by atoms with E-state index >= 15 is 0 Å². The van der Waals surface area contributed by atoms with Crippen LogP contribution in [0.15, 0.2) is 48.5 Å². The number of hydrogen-bond donors (Lipinski definition) is 3. The lowest BCUT2D eigenvalue weighted by Crippen LogP contribution is -2.55. The first-order chi connectivity index (χ1) is 20.2. The van der Waals surface area contributed by atoms with Crippen molar-refractivity contribution < 1.29 is 63.8 Å². The van der Waals surface area contributed by atoms with E-state index in [-0.39, 0.29) is 11.3 Å². The third kappa shape index (κ3) is 9.28. The minimum absolute atomic E-state index is 0.0410. The molecule has 0 saturated heterocycles. The van der Waals surface area contributed by atoms with Gasteiger partial charge in [0, 0.05) is 0 Å². The molecule has 3 atom stereocenters. The minimum atomic E-state index is -5.37. The Hall–Kier alpha value is -4.44. The maximum Gasteiger partial charge on any atom is 0.573 e. The summed E-state index contributed by atoms with van der Waals surface area (Å²) in [5, 5.41) is 5.68. The molecule has 44 heavy (non-hydrogen) atoms. The summed E-state index contributed by atoms with van der Waals surface area (Å²) in [7, 11) is 1.31. The highest BCUT2D eigenvalue weighted by Crippen LogP contribution is 2.37. The van der Waals surface area contributed by atoms with E-state index in [9.17, 15) is 54.3 Å². The highest BCUT2D eigenvalue weighted by atomic mass is 19.4. The summed E-state index contributed by atoms with van der Waals surface area (Å²) < 4.78 is 116. The van der Waals surface area contributed by atoms with Gasteiger partial charge in [-0.25, -0.2) is 0 Å². The molecular formula is C27H27F8N3O6. The first-order valence-corrected chi connectivity index (χ1v) is 12.6. The van der Waals surface area contributed by atoms with E-state index in [4.69, 9.17) is 4.74 Å². The normalized spacial score (nSPS) is 14.2. The Morgan fingerprint density at radius 1 is 0.750 bits per heavy atom. The van der Waals surface area contributed by atoms with E-state index in [0.29, 0.717) is 12.1 Å². The molecule has 17 heteroatoms. The van der Waals surface area contributed by atoms with Crippen LogP contribution in [0.25, 0.3) is 0 Å². The van der Waals surface area contributed by atoms with E-state index < -0.39 is 77.3 Å². The van der Waals surface area contributed by atoms with Gasteiger partial charge in [0.2, 0.25) is 11.8 Å². The summed E-state index contributed by atoms with van der Waals surface area (Å²) in [4.78, 5) is 50.4. The summed E-state index contributed by atoms with van der Waals surface area (Å²) in [5.74, 6) is -13.9. The van der Waals surface area contributed by atoms with Gasteiger partial charge in [-0.05, 0) is 42.7 Å². The number of rotatable bonds is 12. The summed E-state index contributed by atoms with van der Waals surface area (Å²) in [6, 6.07) is 2.33. The largest absolute Gasteiger partial charge is 0.573 e. The van der Waals surface area contributed by atoms with Gasteiger partial charge in [0.15, 0.2) is 0 Å². The molecular weight excluding hydrogens is 614 g/mol. The minimum Gasteiger partial charge on any atom is -0.497 e. The van der Waals surface area contributed by atoms with Gasteiger partial charge in [-0.15, -0.1) is 13.2 Å². The number of nitrogens with one attached hydrogen (secondary N) is 3. The Bertz CT molecular complexity index is 1350. The van der Waals surface area contributed by atoms with Gasteiger partial charge >= 0.3 is 18.5 Å². The summed E-state index contributed by atoms with van der Waals surface area (Å²) >= 11 is 0. The molecule has 0 aliphatic heterocycles. The molecule has 0 spiro atoms. The van der Waals surface area contributed by atoms with Crippen LogP contribution >= 0.6 is 0 Å². The van der Waals surface area contributed by atoms with Crippen molar-refractivity contribution >= 4 is 23.5 Å². The molecule has 3 N–H and O–H groups in total. The Morgan fingerprint density at radius 3 is 1.82 bits per heavy atom. The van der Waals surface area contributed by atoms with Crippen molar-refractivity contribution in [2.45, 2.75) is 57.4 Å². The van der Waals surface area contributed by atoms with Gasteiger partial charge in [-0.1, -0.05) is 38.1 Å². The topological polar surface area (TPSA) is 123 Å². The van der Waals surface area contributed by atoms with Crippen molar-refractivity contribution in [1.82, 2.24) is 16.0 Å². The van der Waals surface area contributed by atoms with Crippen molar-refractivity contribution in [3.8, 4) is 11.5 Å². The quantitative estimate of drug-likeness (QED) is 0.297. The summed E-state index contributed by atoms with van der Waals surface area (Å²) in [6.45, 7) is 3.35. The molecule has 0 radical (unpaired) electrons. The third-order valence-electron chi connectivity index (χ3n) is 6.00. The van der Waals surface area contributed by atoms with Crippen molar-refractivity contribution in [2.24, 2.45) is 5.92 Å². The smallest absolute Gasteiger partial charge is 0.497 e. The van der Waals surface area contributed by atoms with E-state index in [1.54, 1.807) is 5.32 Å². The Labute approximate surface area is 245 Å². The molecule has 0 fully saturated rings. The van der Waals surface area contributed by atoms with Gasteiger partial charge in [0.25, 0.3) is 11.7 Å². The summed E-state index contributed by atoms with van der Waals surface area (Å²) in [6.07, 6.45) is -10.7. The molecule has 9 nitrogen and oxygen atoms in total. The van der Waals surface area contributed by atoms with E-state index in [2.05, 4.69) is 10.1 Å². The predicted octanol–water partition coefficient (Wildman–Crippen LogP) is 4.32. The number of carbonyl (C=O) groups excluding carboxylic acids is 4. The first kappa shape index (κ1) is 35.8. The van der Waals surface area contributed by atoms with Crippen LogP contribution in [0.4, 0.5) is 35.1 Å². The number of halogens is 8. The number of Topliss-reactive ketones (excluding diaryl/α,β-unsaturated/α-hetero) is 1. The zero-order valence-corrected chi connectivity index (χ0v) is 23.4. The highest BCUT2D eigenvalue weighted by molar-refractivity contribution is 5.97. The number of alkyl halides is 8. The Kier molecular flexibility index (Phi) is 11.3. The fourth-order valence-corrected chi connectivity index (χ4v) is 3.73. The lowest BCUT2D eigenvalue weighted by Gasteiger charge is -2.27. The second-order valence-corrected chi connectivity index (χ2v) is 9.62. The molecule has 0 aromatic heterocycles. The molecule has 0 saturated carbocycles. The van der Waals surface area contributed by atoms with Crippen molar-refractivity contribution in [1.29, 1.82) is 0 Å². The zero-order chi connectivity index (χ0) is 33.6. The molecule has 242 valence electrons. The fourth-order valence-electron chi connectivity index (χ4n) is 3.73. The number of ether oxygens (including phenoxy) is 2. The monoisotopic (exact) mass is 641 g/mol. The van der Waals surface area contributed by atoms with Crippen molar-refractivity contribution in [2.75, 3.05) is 7.11 Å². The van der Waals surface area contributed by atoms with Crippen LogP contribution in [0.3, 0.4) is 0 Å². The van der Waals surface area contributed by atoms with Crippen LogP contribution in [0.2, 0.25) is 0 Å². The Morgan fingerprint density at radius 2 is 1.32 bits per heavy atom. The molecule has 0 bridgehead atoms. The van der Waals surface area contributed by atoms with Gasteiger partial charge < -0.3 is 25.4 Å². The second-order valence-electron chi connectivity index (χ2n) is 9.62. The lowest BCUT2D eigenvalue weighted by molar-refractivity contribution is -0.275. The summed E-state index contributed by atoms with van der Waals surface area (Å²) in [5.41, 5.74) is -1.51. The number of benzene rings is 2. The zero-order valence-electron chi connectivity index (χ0n) is 23.4. The molecule has 3 amide bonds. The molecule has 0 aliphatic rings. The fraction of sp³-hybridized carbons (Fsp3) is 0.407. The number of ketones is 1. The number of carbonyl (C=O) groups is 4. The standard InChI is InChI=1S/C27H27F8N3O6/c1-13(2)19(21(39)26(30,31)32)37-23(41)20(15-9-11-16(43-4)12-10-15)38-22(40)14(3)36-24(42)25(28,29)17-7-5-6-8-18(17)44-27(33,34)35/h5-14,19-20H,1-4H3,(H,36,42)(H,37,41)(H,38,40). The SMILES string of the molecule is COc1ccc(C(NC(=O)C(C)NC(=O)C(F)(F)c2ccccc2OC(F)(F)F)C(=O)NC(C(=O)C(F)(F)F)C(C)C)cc1. The van der Waals surface area contributed by atoms with Crippen LogP contribution in [-0.4, -0.2) is 55.2 Å². The molecule has 2 aromatic carbocycles. The maximum absolute atomic E-state index is 14.9. The number of amides is 3. The van der Waals surface area contributed by atoms with Gasteiger partial charge in [0.1, 0.15) is 23.6 Å². The highest BCUT2D eigenvalue weighted by Gasteiger charge is 2.47. The van der Waals surface area contributed by atoms with E-state index in [1.807, 2.05) is 5.32 Å². The lowest BCUT2D eigenvalue weighted by atomic mass is 9.97. The van der Waals surface area contributed by atoms with Crippen molar-refractivity contribution in [3.63, 3.8) is 0 Å². The van der Waals surface area contributed by atoms with Crippen LogP contribution in [0, 0.1) is 5.92 Å². The second kappa shape index (κ2) is 13.9. The average Bonchev–Trinajstić information content (AvgIpc) is 2.92. The van der Waals surface area contributed by atoms with Crippen LogP contribution in [0.1, 0.15) is 37.9 Å². The van der Waals surface area contributed by atoms with Crippen molar-refractivity contribution in [3.05, 3.63) is 59.7 Å². The van der Waals surface area contributed by atoms with Gasteiger partial charge in [0.05, 0.1) is 18.7 Å². The average molecular weight is 642 g/mol. The molecule has 0 heterocycles. The molecule has 3 unspecified atom stereocenters. The van der Waals surface area contributed by atoms with Crippen LogP contribution in [-0.2, 0) is 25.1 Å². The van der Waals surface area contributed by atoms with Crippen LogP contribution in [0.5, 0.6) is 11.5 Å². The first-order valence-electron chi connectivity index (χ1n) is 12.6. The van der Waals surface area contributed by atoms with E-state index in [1.165, 1.54) is 45.2 Å². The number of methoxy groups -OCH3 is 1. The third-order valence-corrected chi connectivity index (χ3v) is 6.00. The molecule has 0 aliphatic carbocycles. The number of hydrogen-bond acceptors (Lipinski definition) is 6. The van der Waals surface area contributed by atoms with Gasteiger partial charge in [-0.3, -0.25) is 19.2 Å². The molecule has 2 aromatic rings. The maximum atomic E-state index is 14.9. The van der Waals surface area contributed by atoms with E-state index in [0.717, 1.165) is 19.1 Å². The Balaban J connectivity index is 2.33.